The normalized spacial score (nSPS) is 18.2. The maximum absolute atomic E-state index is 13.8. The number of hydrogen-bond donors (Lipinski definition) is 0. The third kappa shape index (κ3) is 2.81. The number of carbonyl (C=O) groups is 1. The summed E-state index contributed by atoms with van der Waals surface area (Å²) >= 11 is 5.99. The lowest BCUT2D eigenvalue weighted by Crippen LogP contribution is -2.32. The average Bonchev–Trinajstić information content (AvgIpc) is 3.12. The summed E-state index contributed by atoms with van der Waals surface area (Å²) in [7, 11) is 0. The molecule has 110 valence electrons. The van der Waals surface area contributed by atoms with Crippen molar-refractivity contribution in [2.75, 3.05) is 6.54 Å². The fraction of sp³-hybridized carbons (Fsp3) is 0.312. The molecule has 5 heteroatoms. The van der Waals surface area contributed by atoms with E-state index in [1.807, 2.05) is 12.1 Å². The molecule has 1 aromatic heterocycles. The fourth-order valence-corrected chi connectivity index (χ4v) is 3.03. The van der Waals surface area contributed by atoms with E-state index in [-0.39, 0.29) is 29.0 Å². The number of furan rings is 1. The van der Waals surface area contributed by atoms with Gasteiger partial charge in [0, 0.05) is 17.1 Å². The van der Waals surface area contributed by atoms with Gasteiger partial charge >= 0.3 is 0 Å². The number of amides is 1. The summed E-state index contributed by atoms with van der Waals surface area (Å²) in [5.41, 5.74) is 0.259. The summed E-state index contributed by atoms with van der Waals surface area (Å²) in [4.78, 5) is 14.2. The molecular weight excluding hydrogens is 293 g/mol. The number of halogens is 2. The molecule has 0 saturated carbocycles. The van der Waals surface area contributed by atoms with Gasteiger partial charge in [-0.2, -0.15) is 0 Å². The van der Waals surface area contributed by atoms with Gasteiger partial charge in [0.15, 0.2) is 0 Å². The molecule has 0 N–H and O–H groups in total. The minimum absolute atomic E-state index is 0.0251. The van der Waals surface area contributed by atoms with E-state index in [1.54, 1.807) is 17.2 Å². The SMILES string of the molecule is O=C(Cc1c(F)cccc1Cl)N1CCCC1c1ccco1. The van der Waals surface area contributed by atoms with Crippen molar-refractivity contribution in [3.8, 4) is 0 Å². The van der Waals surface area contributed by atoms with Crippen molar-refractivity contribution >= 4 is 17.5 Å². The lowest BCUT2D eigenvalue weighted by Gasteiger charge is -2.23. The zero-order valence-electron chi connectivity index (χ0n) is 11.4. The van der Waals surface area contributed by atoms with Crippen LogP contribution < -0.4 is 0 Å². The molecule has 1 amide bonds. The van der Waals surface area contributed by atoms with Crippen LogP contribution in [0.15, 0.2) is 41.0 Å². The Morgan fingerprint density at radius 2 is 2.24 bits per heavy atom. The summed E-state index contributed by atoms with van der Waals surface area (Å²) in [5.74, 6) is 0.214. The van der Waals surface area contributed by atoms with E-state index < -0.39 is 5.82 Å². The molecular formula is C16H15ClFNO2. The van der Waals surface area contributed by atoms with Gasteiger partial charge in [0.1, 0.15) is 11.6 Å². The van der Waals surface area contributed by atoms with Crippen LogP contribution in [0.3, 0.4) is 0 Å². The van der Waals surface area contributed by atoms with Crippen LogP contribution in [0.25, 0.3) is 0 Å². The van der Waals surface area contributed by atoms with Crippen molar-refractivity contribution in [1.29, 1.82) is 0 Å². The Bertz CT molecular complexity index is 621. The topological polar surface area (TPSA) is 33.5 Å². The molecule has 1 fully saturated rings. The Morgan fingerprint density at radius 3 is 2.95 bits per heavy atom. The van der Waals surface area contributed by atoms with Crippen LogP contribution >= 0.6 is 11.6 Å². The number of rotatable bonds is 3. The monoisotopic (exact) mass is 307 g/mol. The highest BCUT2D eigenvalue weighted by Gasteiger charge is 2.32. The fourth-order valence-electron chi connectivity index (χ4n) is 2.80. The van der Waals surface area contributed by atoms with E-state index in [1.165, 1.54) is 12.1 Å². The second-order valence-electron chi connectivity index (χ2n) is 5.14. The van der Waals surface area contributed by atoms with Gasteiger partial charge < -0.3 is 9.32 Å². The van der Waals surface area contributed by atoms with E-state index in [0.29, 0.717) is 6.54 Å². The molecule has 0 aliphatic carbocycles. The molecule has 1 aromatic carbocycles. The van der Waals surface area contributed by atoms with Crippen LogP contribution in [0.2, 0.25) is 5.02 Å². The largest absolute Gasteiger partial charge is 0.467 e. The van der Waals surface area contributed by atoms with Gasteiger partial charge in [-0.05, 0) is 37.1 Å². The van der Waals surface area contributed by atoms with Gasteiger partial charge in [-0.15, -0.1) is 0 Å². The highest BCUT2D eigenvalue weighted by Crippen LogP contribution is 2.33. The molecule has 2 heterocycles. The average molecular weight is 308 g/mol. The van der Waals surface area contributed by atoms with E-state index in [9.17, 15) is 9.18 Å². The third-order valence-corrected chi connectivity index (χ3v) is 4.19. The lowest BCUT2D eigenvalue weighted by molar-refractivity contribution is -0.131. The first-order chi connectivity index (χ1) is 10.2. The first-order valence-corrected chi connectivity index (χ1v) is 7.30. The highest BCUT2D eigenvalue weighted by molar-refractivity contribution is 6.31. The van der Waals surface area contributed by atoms with Crippen molar-refractivity contribution in [1.82, 2.24) is 4.90 Å². The highest BCUT2D eigenvalue weighted by atomic mass is 35.5. The first-order valence-electron chi connectivity index (χ1n) is 6.92. The van der Waals surface area contributed by atoms with Crippen LogP contribution in [0.5, 0.6) is 0 Å². The summed E-state index contributed by atoms with van der Waals surface area (Å²) in [6.45, 7) is 0.663. The Hall–Kier alpha value is -1.81. The zero-order chi connectivity index (χ0) is 14.8. The molecule has 1 saturated heterocycles. The summed E-state index contributed by atoms with van der Waals surface area (Å²) in [6, 6.07) is 8.07. The number of benzene rings is 1. The molecule has 1 aliphatic rings. The van der Waals surface area contributed by atoms with Crippen LogP contribution in [-0.4, -0.2) is 17.4 Å². The van der Waals surface area contributed by atoms with Gasteiger partial charge in [-0.25, -0.2) is 4.39 Å². The molecule has 1 aliphatic heterocycles. The smallest absolute Gasteiger partial charge is 0.227 e. The minimum atomic E-state index is -0.440. The number of carbonyl (C=O) groups excluding carboxylic acids is 1. The van der Waals surface area contributed by atoms with Crippen molar-refractivity contribution in [3.05, 3.63) is 58.8 Å². The second kappa shape index (κ2) is 5.90. The third-order valence-electron chi connectivity index (χ3n) is 3.83. The molecule has 3 rings (SSSR count). The van der Waals surface area contributed by atoms with Gasteiger partial charge in [-0.3, -0.25) is 4.79 Å². The summed E-state index contributed by atoms with van der Waals surface area (Å²) in [5, 5.41) is 0.289. The predicted octanol–water partition coefficient (Wildman–Crippen LogP) is 3.98. The Balaban J connectivity index is 1.79. The van der Waals surface area contributed by atoms with E-state index in [0.717, 1.165) is 18.6 Å². The first kappa shape index (κ1) is 14.1. The molecule has 0 radical (unpaired) electrons. The molecule has 21 heavy (non-hydrogen) atoms. The van der Waals surface area contributed by atoms with E-state index >= 15 is 0 Å². The van der Waals surface area contributed by atoms with E-state index in [2.05, 4.69) is 0 Å². The molecule has 0 bridgehead atoms. The predicted molar refractivity (Wildman–Crippen MR) is 77.5 cm³/mol. The maximum Gasteiger partial charge on any atom is 0.227 e. The van der Waals surface area contributed by atoms with Crippen molar-refractivity contribution in [2.24, 2.45) is 0 Å². The molecule has 2 aromatic rings. The Morgan fingerprint density at radius 1 is 1.38 bits per heavy atom. The van der Waals surface area contributed by atoms with Gasteiger partial charge in [0.25, 0.3) is 0 Å². The summed E-state index contributed by atoms with van der Waals surface area (Å²) in [6.07, 6.45) is 3.36. The van der Waals surface area contributed by atoms with Gasteiger partial charge in [0.2, 0.25) is 5.91 Å². The lowest BCUT2D eigenvalue weighted by atomic mass is 10.1. The van der Waals surface area contributed by atoms with Gasteiger partial charge in [-0.1, -0.05) is 17.7 Å². The van der Waals surface area contributed by atoms with E-state index in [4.69, 9.17) is 16.0 Å². The quantitative estimate of drug-likeness (QED) is 0.859. The van der Waals surface area contributed by atoms with Crippen LogP contribution in [0.1, 0.15) is 30.2 Å². The van der Waals surface area contributed by atoms with Crippen LogP contribution in [0, 0.1) is 5.82 Å². The number of hydrogen-bond acceptors (Lipinski definition) is 2. The maximum atomic E-state index is 13.8. The Labute approximate surface area is 127 Å². The second-order valence-corrected chi connectivity index (χ2v) is 5.54. The van der Waals surface area contributed by atoms with Crippen molar-refractivity contribution < 1.29 is 13.6 Å². The number of nitrogens with zero attached hydrogens (tertiary/aromatic N) is 1. The van der Waals surface area contributed by atoms with Crippen LogP contribution in [-0.2, 0) is 11.2 Å². The number of likely N-dealkylation sites (tertiary alicyclic amines) is 1. The van der Waals surface area contributed by atoms with Crippen molar-refractivity contribution in [3.63, 3.8) is 0 Å². The molecule has 1 atom stereocenters. The Kier molecular flexibility index (Phi) is 3.97. The van der Waals surface area contributed by atoms with Crippen molar-refractivity contribution in [2.45, 2.75) is 25.3 Å². The molecule has 0 spiro atoms. The zero-order valence-corrected chi connectivity index (χ0v) is 12.1. The molecule has 3 nitrogen and oxygen atoms in total. The minimum Gasteiger partial charge on any atom is -0.467 e. The summed E-state index contributed by atoms with van der Waals surface area (Å²) < 4.78 is 19.2. The standard InChI is InChI=1S/C16H15ClFNO2/c17-12-4-1-5-13(18)11(12)10-16(20)19-8-2-6-14(19)15-7-3-9-21-15/h1,3-5,7,9,14H,2,6,8,10H2. The van der Waals surface area contributed by atoms with Gasteiger partial charge in [0.05, 0.1) is 18.7 Å². The van der Waals surface area contributed by atoms with Crippen LogP contribution in [0.4, 0.5) is 4.39 Å². The molecule has 1 unspecified atom stereocenters.